The number of hydrogen-bond donors (Lipinski definition) is 2. The Morgan fingerprint density at radius 3 is 2.83 bits per heavy atom. The molecule has 4 nitrogen and oxygen atoms in total. The zero-order valence-corrected chi connectivity index (χ0v) is 11.3. The lowest BCUT2D eigenvalue weighted by Crippen LogP contribution is -2.34. The van der Waals surface area contributed by atoms with Gasteiger partial charge in [-0.2, -0.15) is 0 Å². The first kappa shape index (κ1) is 14.5. The van der Waals surface area contributed by atoms with E-state index in [4.69, 9.17) is 10.5 Å². The fourth-order valence-corrected chi connectivity index (χ4v) is 1.70. The Balaban J connectivity index is 2.53. The molecular weight excluding hydrogens is 228 g/mol. The van der Waals surface area contributed by atoms with Gasteiger partial charge in [-0.3, -0.25) is 4.79 Å². The van der Waals surface area contributed by atoms with Gasteiger partial charge < -0.3 is 15.8 Å². The molecule has 4 heteroatoms. The maximum atomic E-state index is 11.6. The van der Waals surface area contributed by atoms with Crippen molar-refractivity contribution in [3.05, 3.63) is 29.3 Å². The van der Waals surface area contributed by atoms with E-state index in [0.717, 1.165) is 17.7 Å². The van der Waals surface area contributed by atoms with Crippen LogP contribution in [0.1, 0.15) is 18.1 Å². The average Bonchev–Trinajstić information content (AvgIpc) is 2.38. The highest BCUT2D eigenvalue weighted by atomic mass is 16.5. The summed E-state index contributed by atoms with van der Waals surface area (Å²) in [5.74, 6) is 0.732. The molecule has 1 unspecified atom stereocenters. The summed E-state index contributed by atoms with van der Waals surface area (Å²) in [6, 6.07) is 6.05. The summed E-state index contributed by atoms with van der Waals surface area (Å²) in [5, 5.41) is 2.88. The number of methoxy groups -OCH3 is 1. The molecule has 1 aromatic rings. The van der Waals surface area contributed by atoms with Gasteiger partial charge in [-0.1, -0.05) is 24.6 Å². The molecule has 0 aliphatic carbocycles. The Bertz CT molecular complexity index is 405. The highest BCUT2D eigenvalue weighted by Crippen LogP contribution is 2.19. The highest BCUT2D eigenvalue weighted by molar-refractivity contribution is 5.78. The van der Waals surface area contributed by atoms with Crippen molar-refractivity contribution in [1.29, 1.82) is 0 Å². The van der Waals surface area contributed by atoms with E-state index in [1.165, 1.54) is 5.56 Å². The molecule has 0 fully saturated rings. The zero-order chi connectivity index (χ0) is 13.5. The molecule has 18 heavy (non-hydrogen) atoms. The average molecular weight is 250 g/mol. The van der Waals surface area contributed by atoms with Gasteiger partial charge in [0.15, 0.2) is 0 Å². The standard InChI is InChI=1S/C14H22N2O2/c1-10-4-5-13(18-3)12(8-10)6-7-16-14(17)11(2)9-15/h4-5,8,11H,6-7,9,15H2,1-3H3,(H,16,17). The largest absolute Gasteiger partial charge is 0.496 e. The predicted octanol–water partition coefficient (Wildman–Crippen LogP) is 1.26. The molecule has 0 radical (unpaired) electrons. The van der Waals surface area contributed by atoms with Gasteiger partial charge in [-0.05, 0) is 25.0 Å². The van der Waals surface area contributed by atoms with Crippen LogP contribution in [0, 0.1) is 12.8 Å². The van der Waals surface area contributed by atoms with Crippen LogP contribution in [0.25, 0.3) is 0 Å². The maximum Gasteiger partial charge on any atom is 0.224 e. The number of hydrogen-bond acceptors (Lipinski definition) is 3. The molecule has 0 saturated heterocycles. The van der Waals surface area contributed by atoms with Crippen LogP contribution in [0.15, 0.2) is 18.2 Å². The molecule has 0 spiro atoms. The second kappa shape index (κ2) is 7.01. The van der Waals surface area contributed by atoms with Crippen molar-refractivity contribution < 1.29 is 9.53 Å². The molecule has 1 atom stereocenters. The first-order valence-corrected chi connectivity index (χ1v) is 6.19. The lowest BCUT2D eigenvalue weighted by Gasteiger charge is -2.12. The highest BCUT2D eigenvalue weighted by Gasteiger charge is 2.10. The fourth-order valence-electron chi connectivity index (χ4n) is 1.70. The normalized spacial score (nSPS) is 12.0. The topological polar surface area (TPSA) is 64.3 Å². The molecule has 0 saturated carbocycles. The van der Waals surface area contributed by atoms with E-state index in [-0.39, 0.29) is 11.8 Å². The Kier molecular flexibility index (Phi) is 5.65. The van der Waals surface area contributed by atoms with E-state index in [1.807, 2.05) is 26.0 Å². The number of nitrogens with one attached hydrogen (secondary N) is 1. The molecule has 0 bridgehead atoms. The third-order valence-electron chi connectivity index (χ3n) is 2.93. The van der Waals surface area contributed by atoms with Crippen LogP contribution in [-0.4, -0.2) is 26.1 Å². The number of rotatable bonds is 6. The van der Waals surface area contributed by atoms with E-state index in [1.54, 1.807) is 7.11 Å². The minimum Gasteiger partial charge on any atom is -0.496 e. The van der Waals surface area contributed by atoms with Gasteiger partial charge in [-0.25, -0.2) is 0 Å². The molecule has 0 aliphatic heterocycles. The summed E-state index contributed by atoms with van der Waals surface area (Å²) in [4.78, 5) is 11.6. The summed E-state index contributed by atoms with van der Waals surface area (Å²) in [7, 11) is 1.66. The Morgan fingerprint density at radius 2 is 2.22 bits per heavy atom. The minimum atomic E-state index is -0.135. The van der Waals surface area contributed by atoms with Crippen molar-refractivity contribution in [2.24, 2.45) is 11.7 Å². The Hall–Kier alpha value is -1.55. The lowest BCUT2D eigenvalue weighted by molar-refractivity contribution is -0.124. The zero-order valence-electron chi connectivity index (χ0n) is 11.3. The van der Waals surface area contributed by atoms with Crippen molar-refractivity contribution in [2.75, 3.05) is 20.2 Å². The number of nitrogens with two attached hydrogens (primary N) is 1. The van der Waals surface area contributed by atoms with Crippen molar-refractivity contribution in [3.63, 3.8) is 0 Å². The number of ether oxygens (including phenoxy) is 1. The van der Waals surface area contributed by atoms with Crippen molar-refractivity contribution in [1.82, 2.24) is 5.32 Å². The second-order valence-electron chi connectivity index (χ2n) is 4.49. The van der Waals surface area contributed by atoms with Crippen molar-refractivity contribution in [3.8, 4) is 5.75 Å². The summed E-state index contributed by atoms with van der Waals surface area (Å²) in [6.07, 6.45) is 0.758. The summed E-state index contributed by atoms with van der Waals surface area (Å²) < 4.78 is 5.29. The Morgan fingerprint density at radius 1 is 1.50 bits per heavy atom. The molecule has 0 heterocycles. The van der Waals surface area contributed by atoms with Crippen LogP contribution in [-0.2, 0) is 11.2 Å². The van der Waals surface area contributed by atoms with Crippen molar-refractivity contribution in [2.45, 2.75) is 20.3 Å². The number of benzene rings is 1. The second-order valence-corrected chi connectivity index (χ2v) is 4.49. The minimum absolute atomic E-state index is 0.00381. The molecule has 1 rings (SSSR count). The molecule has 1 amide bonds. The van der Waals surface area contributed by atoms with Crippen LogP contribution in [0.4, 0.5) is 0 Å². The van der Waals surface area contributed by atoms with Crippen LogP contribution in [0.5, 0.6) is 5.75 Å². The van der Waals surface area contributed by atoms with E-state index in [9.17, 15) is 4.79 Å². The smallest absolute Gasteiger partial charge is 0.224 e. The van der Waals surface area contributed by atoms with Crippen LogP contribution >= 0.6 is 0 Å². The van der Waals surface area contributed by atoms with E-state index < -0.39 is 0 Å². The van der Waals surface area contributed by atoms with Gasteiger partial charge in [-0.15, -0.1) is 0 Å². The van der Waals surface area contributed by atoms with Gasteiger partial charge in [0.05, 0.1) is 7.11 Å². The number of carbonyl (C=O) groups is 1. The van der Waals surface area contributed by atoms with Crippen LogP contribution in [0.2, 0.25) is 0 Å². The van der Waals surface area contributed by atoms with Crippen LogP contribution in [0.3, 0.4) is 0 Å². The van der Waals surface area contributed by atoms with E-state index in [0.29, 0.717) is 13.1 Å². The lowest BCUT2D eigenvalue weighted by atomic mass is 10.1. The third kappa shape index (κ3) is 4.04. The summed E-state index contributed by atoms with van der Waals surface area (Å²) in [5.41, 5.74) is 7.74. The van der Waals surface area contributed by atoms with E-state index in [2.05, 4.69) is 11.4 Å². The first-order valence-electron chi connectivity index (χ1n) is 6.19. The predicted molar refractivity (Wildman–Crippen MR) is 72.7 cm³/mol. The number of amides is 1. The molecule has 100 valence electrons. The first-order chi connectivity index (χ1) is 8.58. The quantitative estimate of drug-likeness (QED) is 0.799. The Labute approximate surface area is 109 Å². The SMILES string of the molecule is COc1ccc(C)cc1CCNC(=O)C(C)CN. The summed E-state index contributed by atoms with van der Waals surface area (Å²) in [6.45, 7) is 4.84. The van der Waals surface area contributed by atoms with Gasteiger partial charge >= 0.3 is 0 Å². The number of carbonyl (C=O) groups excluding carboxylic acids is 1. The molecule has 1 aromatic carbocycles. The fraction of sp³-hybridized carbons (Fsp3) is 0.500. The number of aryl methyl sites for hydroxylation is 1. The molecule has 0 aliphatic rings. The van der Waals surface area contributed by atoms with E-state index >= 15 is 0 Å². The molecule has 0 aromatic heterocycles. The monoisotopic (exact) mass is 250 g/mol. The van der Waals surface area contributed by atoms with Gasteiger partial charge in [0.1, 0.15) is 5.75 Å². The summed E-state index contributed by atoms with van der Waals surface area (Å²) >= 11 is 0. The van der Waals surface area contributed by atoms with Crippen LogP contribution < -0.4 is 15.8 Å². The maximum absolute atomic E-state index is 11.6. The third-order valence-corrected chi connectivity index (χ3v) is 2.93. The van der Waals surface area contributed by atoms with Gasteiger partial charge in [0.25, 0.3) is 0 Å². The van der Waals surface area contributed by atoms with Gasteiger partial charge in [0.2, 0.25) is 5.91 Å². The van der Waals surface area contributed by atoms with Crippen molar-refractivity contribution >= 4 is 5.91 Å². The molecular formula is C14H22N2O2. The van der Waals surface area contributed by atoms with Gasteiger partial charge in [0, 0.05) is 19.0 Å². The molecule has 3 N–H and O–H groups in total.